The van der Waals surface area contributed by atoms with Crippen LogP contribution in [0.5, 0.6) is 5.75 Å². The van der Waals surface area contributed by atoms with Gasteiger partial charge >= 0.3 is 5.69 Å². The molecule has 0 saturated heterocycles. The molecule has 2 aromatic rings. The lowest BCUT2D eigenvalue weighted by molar-refractivity contribution is -0.386. The van der Waals surface area contributed by atoms with Crippen LogP contribution in [-0.4, -0.2) is 16.8 Å². The van der Waals surface area contributed by atoms with Crippen LogP contribution in [0.1, 0.15) is 43.6 Å². The molecule has 0 aromatic heterocycles. The van der Waals surface area contributed by atoms with Gasteiger partial charge in [0.05, 0.1) is 4.92 Å². The highest BCUT2D eigenvalue weighted by molar-refractivity contribution is 5.99. The molecule has 0 amide bonds. The lowest BCUT2D eigenvalue weighted by atomic mass is 9.86. The predicted molar refractivity (Wildman–Crippen MR) is 92.7 cm³/mol. The molecule has 0 aliphatic heterocycles. The molecule has 0 N–H and O–H groups in total. The normalized spacial score (nSPS) is 12.5. The number of hydrogen-bond acceptors (Lipinski definition) is 4. The second-order valence-electron chi connectivity index (χ2n) is 6.68. The third-order valence-electron chi connectivity index (χ3n) is 3.77. The van der Waals surface area contributed by atoms with Crippen molar-refractivity contribution in [2.24, 2.45) is 0 Å². The molecular formula is C19H21NO4. The monoisotopic (exact) mass is 327 g/mol. The SMILES string of the molecule is C[C@@H](Oc1ccccc1[N+](=O)[O-])C(=O)c1ccc(C(C)(C)C)cc1. The van der Waals surface area contributed by atoms with Gasteiger partial charge in [-0.15, -0.1) is 0 Å². The number of carbonyl (C=O) groups excluding carboxylic acids is 1. The fourth-order valence-electron chi connectivity index (χ4n) is 2.32. The van der Waals surface area contributed by atoms with Crippen molar-refractivity contribution in [2.75, 3.05) is 0 Å². The first-order valence-electron chi connectivity index (χ1n) is 7.75. The van der Waals surface area contributed by atoms with Crippen molar-refractivity contribution >= 4 is 11.5 Å². The quantitative estimate of drug-likeness (QED) is 0.459. The van der Waals surface area contributed by atoms with E-state index in [0.29, 0.717) is 5.56 Å². The highest BCUT2D eigenvalue weighted by Crippen LogP contribution is 2.28. The minimum Gasteiger partial charge on any atom is -0.475 e. The molecule has 2 aromatic carbocycles. The third-order valence-corrected chi connectivity index (χ3v) is 3.77. The number of nitrogens with zero attached hydrogens (tertiary/aromatic N) is 1. The van der Waals surface area contributed by atoms with Crippen molar-refractivity contribution in [3.8, 4) is 5.75 Å². The average Bonchev–Trinajstić information content (AvgIpc) is 2.53. The maximum atomic E-state index is 12.5. The number of nitro groups is 1. The highest BCUT2D eigenvalue weighted by Gasteiger charge is 2.22. The molecule has 0 fully saturated rings. The Balaban J connectivity index is 2.17. The Kier molecular flexibility index (Phi) is 5.02. The number of carbonyl (C=O) groups is 1. The number of ether oxygens (including phenoxy) is 1. The number of hydrogen-bond donors (Lipinski definition) is 0. The van der Waals surface area contributed by atoms with Crippen LogP contribution in [0.4, 0.5) is 5.69 Å². The maximum Gasteiger partial charge on any atom is 0.310 e. The Morgan fingerprint density at radius 1 is 1.08 bits per heavy atom. The summed E-state index contributed by atoms with van der Waals surface area (Å²) < 4.78 is 5.53. The van der Waals surface area contributed by atoms with Gasteiger partial charge in [-0.1, -0.05) is 57.2 Å². The minimum absolute atomic E-state index is 0.00828. The molecule has 1 atom stereocenters. The van der Waals surface area contributed by atoms with Crippen LogP contribution in [0.3, 0.4) is 0 Å². The molecule has 0 unspecified atom stereocenters. The van der Waals surface area contributed by atoms with Crippen molar-refractivity contribution in [3.05, 3.63) is 69.8 Å². The summed E-state index contributed by atoms with van der Waals surface area (Å²) in [5.41, 5.74) is 1.51. The lowest BCUT2D eigenvalue weighted by Crippen LogP contribution is -2.24. The summed E-state index contributed by atoms with van der Waals surface area (Å²) in [7, 11) is 0. The molecule has 0 aliphatic carbocycles. The predicted octanol–water partition coefficient (Wildman–Crippen LogP) is 4.54. The first kappa shape index (κ1) is 17.7. The number of ketones is 1. The summed E-state index contributed by atoms with van der Waals surface area (Å²) in [5.74, 6) is -0.122. The molecule has 0 heterocycles. The fraction of sp³-hybridized carbons (Fsp3) is 0.316. The average molecular weight is 327 g/mol. The van der Waals surface area contributed by atoms with Crippen LogP contribution in [-0.2, 0) is 5.41 Å². The van der Waals surface area contributed by atoms with E-state index < -0.39 is 11.0 Å². The van der Waals surface area contributed by atoms with Crippen LogP contribution in [0, 0.1) is 10.1 Å². The second-order valence-corrected chi connectivity index (χ2v) is 6.68. The third kappa shape index (κ3) is 3.98. The number of benzene rings is 2. The number of nitro benzene ring substituents is 1. The number of Topliss-reactive ketones (excluding diaryl/α,β-unsaturated/α-hetero) is 1. The van der Waals surface area contributed by atoms with Crippen LogP contribution < -0.4 is 4.74 Å². The van der Waals surface area contributed by atoms with E-state index in [1.54, 1.807) is 31.2 Å². The molecule has 126 valence electrons. The van der Waals surface area contributed by atoms with Crippen LogP contribution in [0.15, 0.2) is 48.5 Å². The molecule has 2 rings (SSSR count). The van der Waals surface area contributed by atoms with Gasteiger partial charge in [0.15, 0.2) is 11.9 Å². The summed E-state index contributed by atoms with van der Waals surface area (Å²) in [6, 6.07) is 13.4. The Morgan fingerprint density at radius 3 is 2.21 bits per heavy atom. The van der Waals surface area contributed by atoms with E-state index in [4.69, 9.17) is 4.74 Å². The Bertz CT molecular complexity index is 745. The zero-order valence-corrected chi connectivity index (χ0v) is 14.3. The van der Waals surface area contributed by atoms with Crippen molar-refractivity contribution in [1.82, 2.24) is 0 Å². The topological polar surface area (TPSA) is 69.4 Å². The van der Waals surface area contributed by atoms with E-state index >= 15 is 0 Å². The Hall–Kier alpha value is -2.69. The fourth-order valence-corrected chi connectivity index (χ4v) is 2.32. The van der Waals surface area contributed by atoms with Gasteiger partial charge in [-0.2, -0.15) is 0 Å². The van der Waals surface area contributed by atoms with Gasteiger partial charge in [-0.25, -0.2) is 0 Å². The maximum absolute atomic E-state index is 12.5. The largest absolute Gasteiger partial charge is 0.475 e. The van der Waals surface area contributed by atoms with Gasteiger partial charge in [-0.05, 0) is 24.0 Å². The van der Waals surface area contributed by atoms with Gasteiger partial charge in [0.2, 0.25) is 5.78 Å². The van der Waals surface area contributed by atoms with Crippen molar-refractivity contribution < 1.29 is 14.5 Å². The van der Waals surface area contributed by atoms with Gasteiger partial charge in [0.1, 0.15) is 0 Å². The molecule has 0 saturated carbocycles. The zero-order chi connectivity index (χ0) is 17.9. The first-order chi connectivity index (χ1) is 11.2. The Morgan fingerprint density at radius 2 is 1.67 bits per heavy atom. The first-order valence-corrected chi connectivity index (χ1v) is 7.75. The van der Waals surface area contributed by atoms with Gasteiger partial charge < -0.3 is 4.74 Å². The standard InChI is InChI=1S/C19H21NO4/c1-13(24-17-8-6-5-7-16(17)20(22)23)18(21)14-9-11-15(12-10-14)19(2,3)4/h5-13H,1-4H3/t13-/m1/s1. The van der Waals surface area contributed by atoms with E-state index in [1.165, 1.54) is 12.1 Å². The number of rotatable bonds is 5. The lowest BCUT2D eigenvalue weighted by Gasteiger charge is -2.19. The highest BCUT2D eigenvalue weighted by atomic mass is 16.6. The van der Waals surface area contributed by atoms with Crippen molar-refractivity contribution in [3.63, 3.8) is 0 Å². The summed E-state index contributed by atoms with van der Waals surface area (Å²) in [6.45, 7) is 7.90. The Labute approximate surface area is 141 Å². The molecule has 5 heteroatoms. The van der Waals surface area contributed by atoms with Crippen LogP contribution >= 0.6 is 0 Å². The smallest absolute Gasteiger partial charge is 0.310 e. The summed E-state index contributed by atoms with van der Waals surface area (Å²) in [4.78, 5) is 23.0. The summed E-state index contributed by atoms with van der Waals surface area (Å²) in [6.07, 6.45) is -0.813. The van der Waals surface area contributed by atoms with Gasteiger partial charge in [-0.3, -0.25) is 14.9 Å². The molecule has 0 radical (unpaired) electrons. The van der Waals surface area contributed by atoms with E-state index in [9.17, 15) is 14.9 Å². The molecule has 0 aliphatic rings. The van der Waals surface area contributed by atoms with E-state index in [1.807, 2.05) is 12.1 Å². The second kappa shape index (κ2) is 6.83. The van der Waals surface area contributed by atoms with Gasteiger partial charge in [0, 0.05) is 11.6 Å². The van der Waals surface area contributed by atoms with E-state index in [2.05, 4.69) is 20.8 Å². The molecular weight excluding hydrogens is 306 g/mol. The molecule has 0 spiro atoms. The summed E-state index contributed by atoms with van der Waals surface area (Å²) in [5, 5.41) is 11.0. The van der Waals surface area contributed by atoms with Crippen molar-refractivity contribution in [2.45, 2.75) is 39.2 Å². The minimum atomic E-state index is -0.813. The number of para-hydroxylation sites is 2. The van der Waals surface area contributed by atoms with Crippen LogP contribution in [0.2, 0.25) is 0 Å². The van der Waals surface area contributed by atoms with E-state index in [0.717, 1.165) is 5.56 Å². The van der Waals surface area contributed by atoms with E-state index in [-0.39, 0.29) is 22.6 Å². The molecule has 24 heavy (non-hydrogen) atoms. The van der Waals surface area contributed by atoms with Crippen LogP contribution in [0.25, 0.3) is 0 Å². The zero-order valence-electron chi connectivity index (χ0n) is 14.3. The molecule has 5 nitrogen and oxygen atoms in total. The van der Waals surface area contributed by atoms with Crippen molar-refractivity contribution in [1.29, 1.82) is 0 Å². The molecule has 0 bridgehead atoms. The summed E-state index contributed by atoms with van der Waals surface area (Å²) >= 11 is 0. The van der Waals surface area contributed by atoms with Gasteiger partial charge in [0.25, 0.3) is 0 Å².